The molecule has 0 bridgehead atoms. The van der Waals surface area contributed by atoms with Gasteiger partial charge in [0.1, 0.15) is 0 Å². The van der Waals surface area contributed by atoms with Crippen molar-refractivity contribution in [3.8, 4) is 0 Å². The zero-order chi connectivity index (χ0) is 13.5. The number of benzene rings is 1. The second-order valence-electron chi connectivity index (χ2n) is 5.96. The Kier molecular flexibility index (Phi) is 3.30. The van der Waals surface area contributed by atoms with E-state index in [9.17, 15) is 9.90 Å². The van der Waals surface area contributed by atoms with Crippen LogP contribution in [-0.2, 0) is 10.2 Å². The molecule has 3 heteroatoms. The van der Waals surface area contributed by atoms with E-state index in [4.69, 9.17) is 11.6 Å². The highest BCUT2D eigenvalue weighted by atomic mass is 35.5. The van der Waals surface area contributed by atoms with Crippen molar-refractivity contribution in [1.29, 1.82) is 0 Å². The van der Waals surface area contributed by atoms with Gasteiger partial charge in [-0.15, -0.1) is 0 Å². The summed E-state index contributed by atoms with van der Waals surface area (Å²) in [6.07, 6.45) is 7.78. The normalized spacial score (nSPS) is 22.2. The molecular weight excluding hydrogens is 260 g/mol. The first-order valence-electron chi connectivity index (χ1n) is 7.17. The van der Waals surface area contributed by atoms with Crippen LogP contribution < -0.4 is 0 Å². The van der Waals surface area contributed by atoms with Crippen molar-refractivity contribution in [2.75, 3.05) is 0 Å². The van der Waals surface area contributed by atoms with E-state index in [1.165, 1.54) is 37.7 Å². The molecule has 0 saturated heterocycles. The monoisotopic (exact) mass is 278 g/mol. The fourth-order valence-corrected chi connectivity index (χ4v) is 3.66. The zero-order valence-corrected chi connectivity index (χ0v) is 11.7. The number of rotatable bonds is 3. The predicted molar refractivity (Wildman–Crippen MR) is 75.8 cm³/mol. The Morgan fingerprint density at radius 1 is 1.21 bits per heavy atom. The van der Waals surface area contributed by atoms with Crippen molar-refractivity contribution in [3.63, 3.8) is 0 Å². The summed E-state index contributed by atoms with van der Waals surface area (Å²) in [5.41, 5.74) is 1.45. The molecule has 0 radical (unpaired) electrons. The van der Waals surface area contributed by atoms with E-state index in [1.54, 1.807) is 0 Å². The highest BCUT2D eigenvalue weighted by Crippen LogP contribution is 2.49. The Bertz CT molecular complexity index is 499. The molecule has 0 aromatic heterocycles. The first kappa shape index (κ1) is 13.0. The highest BCUT2D eigenvalue weighted by molar-refractivity contribution is 6.31. The molecule has 0 atom stereocenters. The van der Waals surface area contributed by atoms with Gasteiger partial charge < -0.3 is 5.11 Å². The molecule has 2 nitrogen and oxygen atoms in total. The predicted octanol–water partition coefficient (Wildman–Crippen LogP) is 4.50. The van der Waals surface area contributed by atoms with Crippen LogP contribution in [0.15, 0.2) is 18.2 Å². The number of halogens is 1. The fraction of sp³-hybridized carbons (Fsp3) is 0.562. The van der Waals surface area contributed by atoms with Crippen LogP contribution in [0.25, 0.3) is 0 Å². The molecule has 1 N–H and O–H groups in total. The standard InChI is InChI=1S/C16H19ClO2/c17-14-10-12(16(8-9-16)15(18)19)6-7-13(14)11-4-2-1-3-5-11/h6-7,10-11H,1-5,8-9H2,(H,18,19). The van der Waals surface area contributed by atoms with E-state index < -0.39 is 11.4 Å². The molecular formula is C16H19ClO2. The van der Waals surface area contributed by atoms with Gasteiger partial charge in [-0.05, 0) is 48.8 Å². The number of hydrogen-bond donors (Lipinski definition) is 1. The van der Waals surface area contributed by atoms with E-state index in [0.717, 1.165) is 23.4 Å². The maximum atomic E-state index is 11.3. The summed E-state index contributed by atoms with van der Waals surface area (Å²) < 4.78 is 0. The van der Waals surface area contributed by atoms with E-state index in [2.05, 4.69) is 6.07 Å². The number of carbonyl (C=O) groups is 1. The Hall–Kier alpha value is -1.02. The van der Waals surface area contributed by atoms with Crippen molar-refractivity contribution in [2.45, 2.75) is 56.3 Å². The van der Waals surface area contributed by atoms with E-state index in [-0.39, 0.29) is 0 Å². The molecule has 0 heterocycles. The van der Waals surface area contributed by atoms with Gasteiger partial charge in [-0.1, -0.05) is 43.0 Å². The summed E-state index contributed by atoms with van der Waals surface area (Å²) in [4.78, 5) is 11.3. The van der Waals surface area contributed by atoms with Crippen LogP contribution in [0.3, 0.4) is 0 Å². The summed E-state index contributed by atoms with van der Waals surface area (Å²) in [5.74, 6) is -0.149. The second kappa shape index (κ2) is 4.82. The quantitative estimate of drug-likeness (QED) is 0.884. The SMILES string of the molecule is O=C(O)C1(c2ccc(C3CCCCC3)c(Cl)c2)CC1. The number of aliphatic carboxylic acids is 1. The van der Waals surface area contributed by atoms with Gasteiger partial charge in [-0.3, -0.25) is 4.79 Å². The van der Waals surface area contributed by atoms with Gasteiger partial charge in [0.25, 0.3) is 0 Å². The Balaban J connectivity index is 1.88. The number of hydrogen-bond acceptors (Lipinski definition) is 1. The van der Waals surface area contributed by atoms with Crippen molar-refractivity contribution in [3.05, 3.63) is 34.3 Å². The minimum atomic E-state index is -0.714. The molecule has 1 aromatic rings. The number of carboxylic acid groups (broad SMARTS) is 1. The van der Waals surface area contributed by atoms with Crippen molar-refractivity contribution < 1.29 is 9.90 Å². The summed E-state index contributed by atoms with van der Waals surface area (Å²) in [6.45, 7) is 0. The lowest BCUT2D eigenvalue weighted by Crippen LogP contribution is -2.19. The molecule has 3 rings (SSSR count). The van der Waals surface area contributed by atoms with Gasteiger partial charge in [0.05, 0.1) is 5.41 Å². The summed E-state index contributed by atoms with van der Waals surface area (Å²) >= 11 is 6.41. The lowest BCUT2D eigenvalue weighted by molar-refractivity contribution is -0.140. The third-order valence-corrected chi connectivity index (χ3v) is 5.08. The lowest BCUT2D eigenvalue weighted by atomic mass is 9.83. The fourth-order valence-electron chi connectivity index (χ4n) is 3.32. The van der Waals surface area contributed by atoms with Crippen LogP contribution >= 0.6 is 11.6 Å². The lowest BCUT2D eigenvalue weighted by Gasteiger charge is -2.23. The minimum absolute atomic E-state index is 0.565. The first-order valence-corrected chi connectivity index (χ1v) is 7.54. The molecule has 2 aliphatic rings. The largest absolute Gasteiger partial charge is 0.481 e. The van der Waals surface area contributed by atoms with E-state index >= 15 is 0 Å². The van der Waals surface area contributed by atoms with Crippen molar-refractivity contribution >= 4 is 17.6 Å². The van der Waals surface area contributed by atoms with Crippen LogP contribution in [0, 0.1) is 0 Å². The molecule has 19 heavy (non-hydrogen) atoms. The summed E-state index contributed by atoms with van der Waals surface area (Å²) in [5, 5.41) is 10.1. The maximum Gasteiger partial charge on any atom is 0.314 e. The zero-order valence-electron chi connectivity index (χ0n) is 11.0. The molecule has 2 fully saturated rings. The molecule has 0 amide bonds. The smallest absolute Gasteiger partial charge is 0.314 e. The third kappa shape index (κ3) is 2.27. The highest BCUT2D eigenvalue weighted by Gasteiger charge is 2.51. The minimum Gasteiger partial charge on any atom is -0.481 e. The van der Waals surface area contributed by atoms with Crippen LogP contribution in [0.4, 0.5) is 0 Å². The van der Waals surface area contributed by atoms with Crippen LogP contribution in [-0.4, -0.2) is 11.1 Å². The third-order valence-electron chi connectivity index (χ3n) is 4.76. The van der Waals surface area contributed by atoms with Gasteiger partial charge >= 0.3 is 5.97 Å². The van der Waals surface area contributed by atoms with Crippen molar-refractivity contribution in [2.24, 2.45) is 0 Å². The number of carboxylic acids is 1. The van der Waals surface area contributed by atoms with Crippen LogP contribution in [0.1, 0.15) is 62.0 Å². The molecule has 0 aliphatic heterocycles. The average Bonchev–Trinajstić information content (AvgIpc) is 3.21. The van der Waals surface area contributed by atoms with Gasteiger partial charge in [-0.2, -0.15) is 0 Å². The van der Waals surface area contributed by atoms with Crippen molar-refractivity contribution in [1.82, 2.24) is 0 Å². The molecule has 2 saturated carbocycles. The van der Waals surface area contributed by atoms with Gasteiger partial charge in [0.15, 0.2) is 0 Å². The molecule has 2 aliphatic carbocycles. The summed E-state index contributed by atoms with van der Waals surface area (Å²) in [6, 6.07) is 5.94. The summed E-state index contributed by atoms with van der Waals surface area (Å²) in [7, 11) is 0. The maximum absolute atomic E-state index is 11.3. The van der Waals surface area contributed by atoms with Gasteiger partial charge in [-0.25, -0.2) is 0 Å². The molecule has 102 valence electrons. The second-order valence-corrected chi connectivity index (χ2v) is 6.37. The van der Waals surface area contributed by atoms with E-state index in [1.807, 2.05) is 12.1 Å². The first-order chi connectivity index (χ1) is 9.13. The Morgan fingerprint density at radius 2 is 1.89 bits per heavy atom. The molecule has 0 unspecified atom stereocenters. The molecule has 1 aromatic carbocycles. The average molecular weight is 279 g/mol. The van der Waals surface area contributed by atoms with Crippen LogP contribution in [0.5, 0.6) is 0 Å². The van der Waals surface area contributed by atoms with E-state index in [0.29, 0.717) is 5.92 Å². The van der Waals surface area contributed by atoms with Gasteiger partial charge in [0, 0.05) is 5.02 Å². The Labute approximate surface area is 118 Å². The van der Waals surface area contributed by atoms with Crippen LogP contribution in [0.2, 0.25) is 5.02 Å². The molecule has 0 spiro atoms. The Morgan fingerprint density at radius 3 is 2.42 bits per heavy atom. The topological polar surface area (TPSA) is 37.3 Å². The van der Waals surface area contributed by atoms with Gasteiger partial charge in [0.2, 0.25) is 0 Å².